The van der Waals surface area contributed by atoms with Crippen LogP contribution in [0.3, 0.4) is 0 Å². The monoisotopic (exact) mass is 280 g/mol. The van der Waals surface area contributed by atoms with Crippen molar-refractivity contribution < 1.29 is 9.63 Å². The molecule has 2 rings (SSSR count). The van der Waals surface area contributed by atoms with E-state index in [9.17, 15) is 4.79 Å². The first-order valence-electron chi connectivity index (χ1n) is 5.74. The Kier molecular flexibility index (Phi) is 4.13. The zero-order chi connectivity index (χ0) is 13.8. The molecule has 0 aliphatic carbocycles. The Hall–Kier alpha value is -1.92. The number of rotatable bonds is 4. The van der Waals surface area contributed by atoms with Gasteiger partial charge in [-0.25, -0.2) is 10.2 Å². The lowest BCUT2D eigenvalue weighted by atomic mass is 10.3. The van der Waals surface area contributed by atoms with Crippen LogP contribution in [0.15, 0.2) is 24.3 Å². The van der Waals surface area contributed by atoms with Gasteiger partial charge in [-0.15, -0.1) is 5.10 Å². The number of benzene rings is 1. The van der Waals surface area contributed by atoms with Gasteiger partial charge in [-0.2, -0.15) is 0 Å². The molecule has 0 spiro atoms. The summed E-state index contributed by atoms with van der Waals surface area (Å²) in [5.74, 6) is -0.423. The molecule has 19 heavy (non-hydrogen) atoms. The molecule has 0 atom stereocenters. The second-order valence-electron chi connectivity index (χ2n) is 3.78. The lowest BCUT2D eigenvalue weighted by molar-refractivity contribution is 0.0359. The number of carbonyl (C=O) groups excluding carboxylic acids is 1. The number of halogens is 1. The number of carbonyl (C=O) groups is 1. The zero-order valence-corrected chi connectivity index (χ0v) is 11.3. The summed E-state index contributed by atoms with van der Waals surface area (Å²) in [5.41, 5.74) is 3.86. The van der Waals surface area contributed by atoms with Gasteiger partial charge >= 0.3 is 0 Å². The average molecular weight is 281 g/mol. The smallest absolute Gasteiger partial charge is 0.274 e. The lowest BCUT2D eigenvalue weighted by Crippen LogP contribution is -2.24. The van der Waals surface area contributed by atoms with E-state index in [0.29, 0.717) is 17.3 Å². The standard InChI is InChI=1S/C12H13ClN4O2/c1-3-19-15-12(18)11-8(2)17(16-14-11)10-6-4-5-9(13)7-10/h4-7H,3H2,1-2H3,(H,15,18). The quantitative estimate of drug-likeness (QED) is 0.869. The van der Waals surface area contributed by atoms with Crippen LogP contribution in [-0.2, 0) is 4.84 Å². The molecule has 1 N–H and O–H groups in total. The third kappa shape index (κ3) is 2.91. The van der Waals surface area contributed by atoms with Crippen LogP contribution in [0.2, 0.25) is 5.02 Å². The van der Waals surface area contributed by atoms with E-state index in [1.165, 1.54) is 0 Å². The van der Waals surface area contributed by atoms with Crippen molar-refractivity contribution >= 4 is 17.5 Å². The van der Waals surface area contributed by atoms with Crippen LogP contribution in [0, 0.1) is 6.92 Å². The van der Waals surface area contributed by atoms with Crippen LogP contribution >= 0.6 is 11.6 Å². The highest BCUT2D eigenvalue weighted by Crippen LogP contribution is 2.16. The van der Waals surface area contributed by atoms with E-state index >= 15 is 0 Å². The molecule has 0 aliphatic heterocycles. The zero-order valence-electron chi connectivity index (χ0n) is 10.6. The normalized spacial score (nSPS) is 10.5. The van der Waals surface area contributed by atoms with Crippen molar-refractivity contribution in [2.24, 2.45) is 0 Å². The van der Waals surface area contributed by atoms with Crippen molar-refractivity contribution in [3.8, 4) is 5.69 Å². The van der Waals surface area contributed by atoms with Crippen molar-refractivity contribution in [3.63, 3.8) is 0 Å². The molecule has 0 saturated carbocycles. The average Bonchev–Trinajstić information content (AvgIpc) is 2.78. The van der Waals surface area contributed by atoms with Gasteiger partial charge in [0.2, 0.25) is 0 Å². The molecule has 100 valence electrons. The Morgan fingerprint density at radius 2 is 2.32 bits per heavy atom. The van der Waals surface area contributed by atoms with E-state index in [1.54, 1.807) is 36.7 Å². The molecule has 1 aromatic carbocycles. The third-order valence-corrected chi connectivity index (χ3v) is 2.71. The van der Waals surface area contributed by atoms with Gasteiger partial charge in [-0.1, -0.05) is 22.9 Å². The van der Waals surface area contributed by atoms with Crippen LogP contribution in [0.5, 0.6) is 0 Å². The molecule has 0 saturated heterocycles. The number of hydroxylamine groups is 1. The fraction of sp³-hybridized carbons (Fsp3) is 0.250. The SMILES string of the molecule is CCONC(=O)c1nnn(-c2cccc(Cl)c2)c1C. The number of nitrogens with zero attached hydrogens (tertiary/aromatic N) is 3. The Labute approximate surface area is 115 Å². The largest absolute Gasteiger partial charge is 0.297 e. The minimum Gasteiger partial charge on any atom is -0.274 e. The number of nitrogens with one attached hydrogen (secondary N) is 1. The summed E-state index contributed by atoms with van der Waals surface area (Å²) < 4.78 is 1.55. The summed E-state index contributed by atoms with van der Waals surface area (Å²) in [6, 6.07) is 7.14. The summed E-state index contributed by atoms with van der Waals surface area (Å²) in [6.07, 6.45) is 0. The molecule has 6 nitrogen and oxygen atoms in total. The molecular formula is C12H13ClN4O2. The maximum absolute atomic E-state index is 11.8. The van der Waals surface area contributed by atoms with Gasteiger partial charge < -0.3 is 0 Å². The predicted octanol–water partition coefficient (Wildman–Crippen LogP) is 1.91. The number of aromatic nitrogens is 3. The molecule has 0 unspecified atom stereocenters. The Bertz CT molecular complexity index is 597. The Morgan fingerprint density at radius 1 is 1.53 bits per heavy atom. The van der Waals surface area contributed by atoms with Crippen LogP contribution in [0.25, 0.3) is 5.69 Å². The third-order valence-electron chi connectivity index (χ3n) is 2.47. The van der Waals surface area contributed by atoms with Crippen LogP contribution in [-0.4, -0.2) is 27.5 Å². The van der Waals surface area contributed by atoms with Crippen LogP contribution in [0.4, 0.5) is 0 Å². The van der Waals surface area contributed by atoms with E-state index in [0.717, 1.165) is 5.69 Å². The number of hydrogen-bond acceptors (Lipinski definition) is 4. The first kappa shape index (κ1) is 13.5. The lowest BCUT2D eigenvalue weighted by Gasteiger charge is -2.04. The van der Waals surface area contributed by atoms with E-state index in [1.807, 2.05) is 6.07 Å². The summed E-state index contributed by atoms with van der Waals surface area (Å²) in [6.45, 7) is 3.91. The Balaban J connectivity index is 2.30. The Morgan fingerprint density at radius 3 is 3.00 bits per heavy atom. The minimum atomic E-state index is -0.423. The molecule has 0 aliphatic rings. The van der Waals surface area contributed by atoms with Gasteiger partial charge in [0, 0.05) is 5.02 Å². The predicted molar refractivity (Wildman–Crippen MR) is 70.2 cm³/mol. The topological polar surface area (TPSA) is 69.0 Å². The first-order valence-corrected chi connectivity index (χ1v) is 6.11. The summed E-state index contributed by atoms with van der Waals surface area (Å²) >= 11 is 5.92. The second kappa shape index (κ2) is 5.81. The van der Waals surface area contributed by atoms with Gasteiger partial charge in [-0.05, 0) is 32.0 Å². The molecule has 0 fully saturated rings. The fourth-order valence-electron chi connectivity index (χ4n) is 1.58. The van der Waals surface area contributed by atoms with Crippen molar-refractivity contribution in [2.45, 2.75) is 13.8 Å². The first-order chi connectivity index (χ1) is 9.13. The number of hydrogen-bond donors (Lipinski definition) is 1. The highest BCUT2D eigenvalue weighted by atomic mass is 35.5. The highest BCUT2D eigenvalue weighted by Gasteiger charge is 2.17. The van der Waals surface area contributed by atoms with Crippen LogP contribution in [0.1, 0.15) is 23.1 Å². The van der Waals surface area contributed by atoms with Crippen molar-refractivity contribution in [3.05, 3.63) is 40.7 Å². The molecule has 2 aromatic rings. The maximum atomic E-state index is 11.8. The second-order valence-corrected chi connectivity index (χ2v) is 4.22. The van der Waals surface area contributed by atoms with Gasteiger partial charge in [0.1, 0.15) is 0 Å². The fourth-order valence-corrected chi connectivity index (χ4v) is 1.76. The molecule has 1 heterocycles. The van der Waals surface area contributed by atoms with Gasteiger partial charge in [0.05, 0.1) is 18.0 Å². The van der Waals surface area contributed by atoms with Crippen LogP contribution < -0.4 is 5.48 Å². The molecule has 7 heteroatoms. The minimum absolute atomic E-state index is 0.216. The molecular weight excluding hydrogens is 268 g/mol. The summed E-state index contributed by atoms with van der Waals surface area (Å²) in [4.78, 5) is 16.6. The number of amides is 1. The van der Waals surface area contributed by atoms with E-state index in [4.69, 9.17) is 16.4 Å². The van der Waals surface area contributed by atoms with E-state index < -0.39 is 5.91 Å². The van der Waals surface area contributed by atoms with Crippen molar-refractivity contribution in [1.29, 1.82) is 0 Å². The van der Waals surface area contributed by atoms with E-state index in [2.05, 4.69) is 15.8 Å². The van der Waals surface area contributed by atoms with Gasteiger partial charge in [0.25, 0.3) is 5.91 Å². The maximum Gasteiger partial charge on any atom is 0.297 e. The molecule has 0 bridgehead atoms. The molecule has 1 aromatic heterocycles. The highest BCUT2D eigenvalue weighted by molar-refractivity contribution is 6.30. The van der Waals surface area contributed by atoms with Crippen molar-refractivity contribution in [1.82, 2.24) is 20.5 Å². The summed E-state index contributed by atoms with van der Waals surface area (Å²) in [7, 11) is 0. The van der Waals surface area contributed by atoms with E-state index in [-0.39, 0.29) is 5.69 Å². The van der Waals surface area contributed by atoms with Crippen molar-refractivity contribution in [2.75, 3.05) is 6.61 Å². The molecule has 1 amide bonds. The summed E-state index contributed by atoms with van der Waals surface area (Å²) in [5, 5.41) is 8.39. The van der Waals surface area contributed by atoms with Gasteiger partial charge in [0.15, 0.2) is 5.69 Å². The van der Waals surface area contributed by atoms with Gasteiger partial charge in [-0.3, -0.25) is 9.63 Å². The molecule has 0 radical (unpaired) electrons.